The second kappa shape index (κ2) is 7.55. The molecular weight excluding hydrogens is 366 g/mol. The molecule has 1 fully saturated rings. The monoisotopic (exact) mass is 391 g/mol. The van der Waals surface area contributed by atoms with Gasteiger partial charge in [0.15, 0.2) is 0 Å². The molecule has 3 heterocycles. The molecule has 7 heteroatoms. The van der Waals surface area contributed by atoms with Crippen LogP contribution in [0.3, 0.4) is 0 Å². The molecule has 150 valence electrons. The SMILES string of the molecule is O=c1c2ccccc2nc(C2CCCN2c2ncnc3c2CCCC3)n1CCO. The van der Waals surface area contributed by atoms with Crippen molar-refractivity contribution < 1.29 is 5.11 Å². The van der Waals surface area contributed by atoms with Gasteiger partial charge < -0.3 is 10.0 Å². The van der Waals surface area contributed by atoms with Gasteiger partial charge in [-0.2, -0.15) is 0 Å². The van der Waals surface area contributed by atoms with Gasteiger partial charge in [0, 0.05) is 17.8 Å². The molecule has 1 atom stereocenters. The Balaban J connectivity index is 1.65. The van der Waals surface area contributed by atoms with E-state index in [0.29, 0.717) is 10.9 Å². The summed E-state index contributed by atoms with van der Waals surface area (Å²) < 4.78 is 1.65. The predicted octanol–water partition coefficient (Wildman–Crippen LogP) is 2.40. The van der Waals surface area contributed by atoms with E-state index in [1.54, 1.807) is 17.0 Å². The van der Waals surface area contributed by atoms with Gasteiger partial charge in [0.25, 0.3) is 5.56 Å². The van der Waals surface area contributed by atoms with E-state index in [9.17, 15) is 9.90 Å². The lowest BCUT2D eigenvalue weighted by molar-refractivity contribution is 0.270. The highest BCUT2D eigenvalue weighted by atomic mass is 16.3. The number of benzene rings is 1. The van der Waals surface area contributed by atoms with Crippen LogP contribution in [0.15, 0.2) is 35.4 Å². The highest BCUT2D eigenvalue weighted by Gasteiger charge is 2.33. The Hall–Kier alpha value is -2.80. The molecule has 0 radical (unpaired) electrons. The lowest BCUT2D eigenvalue weighted by atomic mass is 9.96. The molecule has 3 aromatic rings. The summed E-state index contributed by atoms with van der Waals surface area (Å²) in [6, 6.07) is 7.41. The molecule has 0 saturated carbocycles. The molecule has 2 aromatic heterocycles. The first-order chi connectivity index (χ1) is 14.3. The van der Waals surface area contributed by atoms with E-state index in [1.165, 1.54) is 12.0 Å². The Morgan fingerprint density at radius 2 is 1.97 bits per heavy atom. The van der Waals surface area contributed by atoms with Crippen LogP contribution in [-0.4, -0.2) is 37.8 Å². The normalized spacial score (nSPS) is 18.9. The van der Waals surface area contributed by atoms with E-state index in [1.807, 2.05) is 18.2 Å². The Bertz CT molecular complexity index is 1110. The molecular formula is C22H25N5O2. The van der Waals surface area contributed by atoms with Gasteiger partial charge >= 0.3 is 0 Å². The molecule has 1 N–H and O–H groups in total. The van der Waals surface area contributed by atoms with Crippen molar-refractivity contribution in [1.29, 1.82) is 0 Å². The van der Waals surface area contributed by atoms with E-state index < -0.39 is 0 Å². The molecule has 1 aromatic carbocycles. The van der Waals surface area contributed by atoms with Crippen LogP contribution in [0.2, 0.25) is 0 Å². The standard InChI is InChI=1S/C22H25N5O2/c28-13-12-27-21(25-18-9-4-2-7-16(18)22(27)29)19-10-5-11-26(19)20-15-6-1-3-8-17(15)23-14-24-20/h2,4,7,9,14,19,28H,1,3,5-6,8,10-13H2. The zero-order valence-electron chi connectivity index (χ0n) is 16.4. The van der Waals surface area contributed by atoms with Crippen molar-refractivity contribution in [3.8, 4) is 0 Å². The van der Waals surface area contributed by atoms with Gasteiger partial charge in [0.2, 0.25) is 0 Å². The maximum atomic E-state index is 13.1. The summed E-state index contributed by atoms with van der Waals surface area (Å²) in [6.45, 7) is 1.04. The van der Waals surface area contributed by atoms with Crippen LogP contribution in [0.1, 0.15) is 48.8 Å². The zero-order chi connectivity index (χ0) is 19.8. The molecule has 5 rings (SSSR count). The number of hydrogen-bond donors (Lipinski definition) is 1. The Morgan fingerprint density at radius 1 is 1.10 bits per heavy atom. The second-order valence-corrected chi connectivity index (χ2v) is 7.85. The molecule has 0 spiro atoms. The minimum atomic E-state index is -0.0947. The van der Waals surface area contributed by atoms with Gasteiger partial charge in [0.05, 0.1) is 30.1 Å². The molecule has 0 bridgehead atoms. The average molecular weight is 391 g/mol. The van der Waals surface area contributed by atoms with Crippen LogP contribution >= 0.6 is 0 Å². The quantitative estimate of drug-likeness (QED) is 0.735. The number of aromatic nitrogens is 4. The summed E-state index contributed by atoms with van der Waals surface area (Å²) in [5.74, 6) is 1.72. The largest absolute Gasteiger partial charge is 0.395 e. The van der Waals surface area contributed by atoms with Gasteiger partial charge in [0.1, 0.15) is 18.0 Å². The van der Waals surface area contributed by atoms with Gasteiger partial charge in [-0.3, -0.25) is 9.36 Å². The van der Waals surface area contributed by atoms with Crippen molar-refractivity contribution in [3.63, 3.8) is 0 Å². The predicted molar refractivity (Wildman–Crippen MR) is 111 cm³/mol. The number of aryl methyl sites for hydroxylation is 1. The van der Waals surface area contributed by atoms with Gasteiger partial charge in [-0.05, 0) is 50.7 Å². The maximum Gasteiger partial charge on any atom is 0.261 e. The minimum Gasteiger partial charge on any atom is -0.395 e. The number of hydrogen-bond acceptors (Lipinski definition) is 6. The third kappa shape index (κ3) is 3.09. The summed E-state index contributed by atoms with van der Waals surface area (Å²) >= 11 is 0. The number of nitrogens with zero attached hydrogens (tertiary/aromatic N) is 5. The lowest BCUT2D eigenvalue weighted by Gasteiger charge is -2.30. The van der Waals surface area contributed by atoms with E-state index in [2.05, 4.69) is 14.9 Å². The second-order valence-electron chi connectivity index (χ2n) is 7.85. The summed E-state index contributed by atoms with van der Waals surface area (Å²) in [5, 5.41) is 10.2. The average Bonchev–Trinajstić information content (AvgIpc) is 3.25. The number of para-hydroxylation sites is 1. The van der Waals surface area contributed by atoms with Crippen molar-refractivity contribution >= 4 is 16.7 Å². The first-order valence-electron chi connectivity index (χ1n) is 10.5. The highest BCUT2D eigenvalue weighted by Crippen LogP contribution is 2.38. The van der Waals surface area contributed by atoms with Crippen LogP contribution in [0.5, 0.6) is 0 Å². The van der Waals surface area contributed by atoms with Gasteiger partial charge in [-0.15, -0.1) is 0 Å². The van der Waals surface area contributed by atoms with Crippen LogP contribution in [0, 0.1) is 0 Å². The van der Waals surface area contributed by atoms with Gasteiger partial charge in [-0.25, -0.2) is 15.0 Å². The minimum absolute atomic E-state index is 0.0280. The summed E-state index contributed by atoms with van der Waals surface area (Å²) in [4.78, 5) is 29.5. The third-order valence-corrected chi connectivity index (χ3v) is 6.14. The van der Waals surface area contributed by atoms with Crippen molar-refractivity contribution in [2.75, 3.05) is 18.1 Å². The summed E-state index contributed by atoms with van der Waals surface area (Å²) in [7, 11) is 0. The molecule has 1 saturated heterocycles. The number of rotatable bonds is 4. The van der Waals surface area contributed by atoms with Crippen molar-refractivity contribution in [2.24, 2.45) is 0 Å². The molecule has 1 aliphatic carbocycles. The number of anilines is 1. The highest BCUT2D eigenvalue weighted by molar-refractivity contribution is 5.77. The van der Waals surface area contributed by atoms with Crippen molar-refractivity contribution in [2.45, 2.75) is 51.1 Å². The van der Waals surface area contributed by atoms with Crippen LogP contribution in [0.25, 0.3) is 10.9 Å². The third-order valence-electron chi connectivity index (χ3n) is 6.14. The fraction of sp³-hybridized carbons (Fsp3) is 0.455. The molecule has 29 heavy (non-hydrogen) atoms. The Morgan fingerprint density at radius 3 is 2.86 bits per heavy atom. The van der Waals surface area contributed by atoms with Crippen molar-refractivity contribution in [3.05, 3.63) is 58.0 Å². The van der Waals surface area contributed by atoms with E-state index in [4.69, 9.17) is 4.98 Å². The maximum absolute atomic E-state index is 13.1. The molecule has 1 unspecified atom stereocenters. The fourth-order valence-electron chi connectivity index (χ4n) is 4.80. The smallest absolute Gasteiger partial charge is 0.261 e. The van der Waals surface area contributed by atoms with E-state index in [0.717, 1.165) is 56.0 Å². The van der Waals surface area contributed by atoms with E-state index in [-0.39, 0.29) is 24.8 Å². The topological polar surface area (TPSA) is 84.1 Å². The van der Waals surface area contributed by atoms with Crippen LogP contribution in [-0.2, 0) is 19.4 Å². The van der Waals surface area contributed by atoms with E-state index >= 15 is 0 Å². The fourth-order valence-corrected chi connectivity index (χ4v) is 4.80. The first kappa shape index (κ1) is 18.2. The van der Waals surface area contributed by atoms with Gasteiger partial charge in [-0.1, -0.05) is 12.1 Å². The van der Waals surface area contributed by atoms with Crippen LogP contribution in [0.4, 0.5) is 5.82 Å². The first-order valence-corrected chi connectivity index (χ1v) is 10.5. The number of fused-ring (bicyclic) bond motifs is 2. The van der Waals surface area contributed by atoms with Crippen LogP contribution < -0.4 is 10.5 Å². The number of aliphatic hydroxyl groups excluding tert-OH is 1. The summed E-state index contributed by atoms with van der Waals surface area (Å²) in [5.41, 5.74) is 3.03. The Labute approximate surface area is 169 Å². The lowest BCUT2D eigenvalue weighted by Crippen LogP contribution is -2.34. The molecule has 1 aliphatic heterocycles. The molecule has 2 aliphatic rings. The molecule has 0 amide bonds. The zero-order valence-corrected chi connectivity index (χ0v) is 16.4. The Kier molecular flexibility index (Phi) is 4.75. The molecule has 7 nitrogen and oxygen atoms in total. The number of aliphatic hydroxyl groups is 1. The van der Waals surface area contributed by atoms with Crippen molar-refractivity contribution in [1.82, 2.24) is 19.5 Å². The summed E-state index contributed by atoms with van der Waals surface area (Å²) in [6.07, 6.45) is 7.95.